The first-order valence-corrected chi connectivity index (χ1v) is 3.73. The van der Waals surface area contributed by atoms with Gasteiger partial charge in [-0.25, -0.2) is 4.79 Å². The van der Waals surface area contributed by atoms with E-state index in [2.05, 4.69) is 10.1 Å². The average molecular weight is 157 g/mol. The van der Waals surface area contributed by atoms with Crippen LogP contribution >= 0.6 is 0 Å². The van der Waals surface area contributed by atoms with Gasteiger partial charge in [0.25, 0.3) is 0 Å². The fraction of sp³-hybridized carbons (Fsp3) is 0.857. The lowest BCUT2D eigenvalue weighted by Gasteiger charge is -2.23. The van der Waals surface area contributed by atoms with Crippen LogP contribution in [0.15, 0.2) is 0 Å². The van der Waals surface area contributed by atoms with Crippen LogP contribution in [-0.4, -0.2) is 37.9 Å². The number of fused-ring (bicyclic) bond motifs is 2. The Hall–Kier alpha value is -0.610. The maximum Gasteiger partial charge on any atom is 0.339 e. The van der Waals surface area contributed by atoms with Crippen LogP contribution in [0, 0.1) is 0 Å². The van der Waals surface area contributed by atoms with E-state index in [0.717, 1.165) is 6.42 Å². The van der Waals surface area contributed by atoms with Crippen molar-refractivity contribution in [2.24, 2.45) is 0 Å². The van der Waals surface area contributed by atoms with E-state index in [1.165, 1.54) is 7.11 Å². The summed E-state index contributed by atoms with van der Waals surface area (Å²) in [5.74, 6) is -0.245. The van der Waals surface area contributed by atoms with Gasteiger partial charge < -0.3 is 14.8 Å². The molecule has 0 aromatic heterocycles. The fourth-order valence-corrected chi connectivity index (χ4v) is 1.74. The molecular formula is C7H11NO3. The van der Waals surface area contributed by atoms with Crippen molar-refractivity contribution in [3.63, 3.8) is 0 Å². The first-order valence-electron chi connectivity index (χ1n) is 3.73. The van der Waals surface area contributed by atoms with Crippen LogP contribution in [0.3, 0.4) is 0 Å². The van der Waals surface area contributed by atoms with E-state index in [0.29, 0.717) is 19.2 Å². The number of hydrogen-bond acceptors (Lipinski definition) is 4. The van der Waals surface area contributed by atoms with Crippen LogP contribution in [0.5, 0.6) is 0 Å². The average Bonchev–Trinajstić information content (AvgIpc) is 2.62. The van der Waals surface area contributed by atoms with Gasteiger partial charge in [-0.05, 0) is 0 Å². The smallest absolute Gasteiger partial charge is 0.339 e. The molecule has 0 radical (unpaired) electrons. The van der Waals surface area contributed by atoms with Crippen molar-refractivity contribution in [1.29, 1.82) is 0 Å². The fourth-order valence-electron chi connectivity index (χ4n) is 1.74. The van der Waals surface area contributed by atoms with Crippen LogP contribution in [0.25, 0.3) is 0 Å². The van der Waals surface area contributed by atoms with Gasteiger partial charge in [-0.2, -0.15) is 0 Å². The third-order valence-corrected chi connectivity index (χ3v) is 2.37. The molecule has 2 aliphatic heterocycles. The molecule has 0 amide bonds. The monoisotopic (exact) mass is 157 g/mol. The summed E-state index contributed by atoms with van der Waals surface area (Å²) >= 11 is 0. The molecule has 2 fully saturated rings. The molecule has 0 aromatic rings. The molecule has 0 aliphatic carbocycles. The molecule has 2 bridgehead atoms. The van der Waals surface area contributed by atoms with E-state index in [1.54, 1.807) is 0 Å². The van der Waals surface area contributed by atoms with E-state index in [4.69, 9.17) is 4.74 Å². The van der Waals surface area contributed by atoms with Gasteiger partial charge >= 0.3 is 5.97 Å². The highest BCUT2D eigenvalue weighted by Gasteiger charge is 2.52. The zero-order chi connectivity index (χ0) is 7.90. The first kappa shape index (κ1) is 7.06. The zero-order valence-electron chi connectivity index (χ0n) is 6.42. The number of hydrogen-bond donors (Lipinski definition) is 1. The molecule has 11 heavy (non-hydrogen) atoms. The number of rotatable bonds is 1. The van der Waals surface area contributed by atoms with Crippen LogP contribution in [0.1, 0.15) is 6.42 Å². The third-order valence-electron chi connectivity index (χ3n) is 2.37. The van der Waals surface area contributed by atoms with Crippen molar-refractivity contribution < 1.29 is 14.3 Å². The second kappa shape index (κ2) is 2.19. The maximum atomic E-state index is 11.2. The highest BCUT2D eigenvalue weighted by molar-refractivity contribution is 5.81. The summed E-state index contributed by atoms with van der Waals surface area (Å²) in [6, 6.07) is 0.356. The largest absolute Gasteiger partial charge is 0.467 e. The Kier molecular flexibility index (Phi) is 1.40. The van der Waals surface area contributed by atoms with Crippen molar-refractivity contribution in [2.45, 2.75) is 18.1 Å². The van der Waals surface area contributed by atoms with Crippen molar-refractivity contribution in [3.8, 4) is 0 Å². The number of carbonyl (C=O) groups excluding carboxylic acids is 1. The molecule has 1 N–H and O–H groups in total. The standard InChI is InChI=1S/C7H11NO3/c1-10-6(9)7-2-5(3-11-7)8-4-7/h5,8H,2-4H2,1H3/t5-,7-/m1/s1. The topological polar surface area (TPSA) is 47.6 Å². The number of carbonyl (C=O) groups is 1. The molecule has 0 saturated carbocycles. The molecule has 62 valence electrons. The molecule has 4 nitrogen and oxygen atoms in total. The normalized spacial score (nSPS) is 41.0. The van der Waals surface area contributed by atoms with Crippen molar-refractivity contribution in [2.75, 3.05) is 20.3 Å². The Labute approximate surface area is 64.9 Å². The number of esters is 1. The molecule has 2 saturated heterocycles. The second-order valence-corrected chi connectivity index (χ2v) is 3.08. The van der Waals surface area contributed by atoms with E-state index in [9.17, 15) is 4.79 Å². The number of morpholine rings is 1. The lowest BCUT2D eigenvalue weighted by atomic mass is 10.0. The number of ether oxygens (including phenoxy) is 2. The van der Waals surface area contributed by atoms with E-state index >= 15 is 0 Å². The Morgan fingerprint density at radius 1 is 1.82 bits per heavy atom. The van der Waals surface area contributed by atoms with Crippen molar-refractivity contribution >= 4 is 5.97 Å². The van der Waals surface area contributed by atoms with E-state index < -0.39 is 5.60 Å². The Balaban J connectivity index is 2.16. The summed E-state index contributed by atoms with van der Waals surface area (Å²) in [7, 11) is 1.39. The summed E-state index contributed by atoms with van der Waals surface area (Å²) in [4.78, 5) is 11.2. The summed E-state index contributed by atoms with van der Waals surface area (Å²) in [5, 5.41) is 3.19. The zero-order valence-corrected chi connectivity index (χ0v) is 6.42. The van der Waals surface area contributed by atoms with Crippen LogP contribution < -0.4 is 5.32 Å². The maximum absolute atomic E-state index is 11.2. The lowest BCUT2D eigenvalue weighted by molar-refractivity contribution is -0.163. The quantitative estimate of drug-likeness (QED) is 0.511. The van der Waals surface area contributed by atoms with Gasteiger partial charge in [0.2, 0.25) is 0 Å². The summed E-state index contributed by atoms with van der Waals surface area (Å²) in [6.07, 6.45) is 0.764. The van der Waals surface area contributed by atoms with Gasteiger partial charge in [-0.3, -0.25) is 0 Å². The molecule has 2 heterocycles. The first-order chi connectivity index (χ1) is 5.27. The molecular weight excluding hydrogens is 146 g/mol. The minimum absolute atomic E-state index is 0.245. The predicted octanol–water partition coefficient (Wildman–Crippen LogP) is -0.710. The Bertz CT molecular complexity index is 184. The molecule has 0 aromatic carbocycles. The van der Waals surface area contributed by atoms with Crippen LogP contribution in [0.4, 0.5) is 0 Å². The van der Waals surface area contributed by atoms with E-state index in [-0.39, 0.29) is 5.97 Å². The van der Waals surface area contributed by atoms with Crippen molar-refractivity contribution in [1.82, 2.24) is 5.32 Å². The molecule has 2 rings (SSSR count). The van der Waals surface area contributed by atoms with Gasteiger partial charge in [0.15, 0.2) is 5.60 Å². The minimum atomic E-state index is -0.653. The SMILES string of the molecule is COC(=O)[C@@]12CN[C@@H](CO1)C2. The molecule has 0 unspecified atom stereocenters. The van der Waals surface area contributed by atoms with Gasteiger partial charge in [0.05, 0.1) is 13.7 Å². The molecule has 4 heteroatoms. The minimum Gasteiger partial charge on any atom is -0.467 e. The van der Waals surface area contributed by atoms with Gasteiger partial charge in [-0.1, -0.05) is 0 Å². The molecule has 2 aliphatic rings. The van der Waals surface area contributed by atoms with Crippen LogP contribution in [-0.2, 0) is 14.3 Å². The summed E-state index contributed by atoms with van der Waals surface area (Å²) in [5.41, 5.74) is -0.653. The number of nitrogens with one attached hydrogen (secondary N) is 1. The summed E-state index contributed by atoms with van der Waals surface area (Å²) < 4.78 is 10.0. The Morgan fingerprint density at radius 2 is 2.64 bits per heavy atom. The van der Waals surface area contributed by atoms with Gasteiger partial charge in [0.1, 0.15) is 0 Å². The third kappa shape index (κ3) is 0.862. The predicted molar refractivity (Wildman–Crippen MR) is 37.1 cm³/mol. The van der Waals surface area contributed by atoms with Crippen LogP contribution in [0.2, 0.25) is 0 Å². The molecule has 0 spiro atoms. The highest BCUT2D eigenvalue weighted by Crippen LogP contribution is 2.31. The van der Waals surface area contributed by atoms with Gasteiger partial charge in [0, 0.05) is 19.0 Å². The summed E-state index contributed by atoms with van der Waals surface area (Å²) in [6.45, 7) is 1.24. The number of methoxy groups -OCH3 is 1. The second-order valence-electron chi connectivity index (χ2n) is 3.08. The van der Waals surface area contributed by atoms with Gasteiger partial charge in [-0.15, -0.1) is 0 Å². The van der Waals surface area contributed by atoms with Crippen molar-refractivity contribution in [3.05, 3.63) is 0 Å². The highest BCUT2D eigenvalue weighted by atomic mass is 16.6. The lowest BCUT2D eigenvalue weighted by Crippen LogP contribution is -2.45. The Morgan fingerprint density at radius 3 is 3.00 bits per heavy atom. The van der Waals surface area contributed by atoms with E-state index in [1.807, 2.05) is 0 Å². The molecule has 2 atom stereocenters.